The fraction of sp³-hybridized carbons (Fsp3) is 0.308. The van der Waals surface area contributed by atoms with E-state index in [0.717, 1.165) is 11.4 Å². The van der Waals surface area contributed by atoms with Crippen molar-refractivity contribution in [2.45, 2.75) is 25.2 Å². The first-order valence-corrected chi connectivity index (χ1v) is 7.73. The average Bonchev–Trinajstić information content (AvgIpc) is 2.86. The van der Waals surface area contributed by atoms with Gasteiger partial charge in [0.25, 0.3) is 0 Å². The van der Waals surface area contributed by atoms with E-state index in [1.54, 1.807) is 31.5 Å². The van der Waals surface area contributed by atoms with Crippen LogP contribution in [-0.4, -0.2) is 24.9 Å². The second-order valence-electron chi connectivity index (χ2n) is 4.66. The number of nitrogens with zero attached hydrogens (tertiary/aromatic N) is 1. The van der Waals surface area contributed by atoms with Crippen LogP contribution in [0.3, 0.4) is 0 Å². The summed E-state index contributed by atoms with van der Waals surface area (Å²) >= 11 is 0. The molecule has 0 saturated carbocycles. The van der Waals surface area contributed by atoms with Crippen molar-refractivity contribution in [3.63, 3.8) is 0 Å². The van der Waals surface area contributed by atoms with Gasteiger partial charge >= 0.3 is 0 Å². The minimum atomic E-state index is -3.56. The summed E-state index contributed by atoms with van der Waals surface area (Å²) in [5.74, 6) is 0.744. The van der Waals surface area contributed by atoms with E-state index in [-0.39, 0.29) is 11.4 Å². The quantitative estimate of drug-likeness (QED) is 0.719. The largest absolute Gasteiger partial charge is 0.398 e. The minimum Gasteiger partial charge on any atom is -0.398 e. The number of H-pyrrole nitrogens is 1. The lowest BCUT2D eigenvalue weighted by Gasteiger charge is -2.11. The predicted octanol–water partition coefficient (Wildman–Crippen LogP) is 1.13. The molecule has 1 aromatic heterocycles. The topological polar surface area (TPSA) is 101 Å². The summed E-state index contributed by atoms with van der Waals surface area (Å²) in [5, 5.41) is 0. The highest BCUT2D eigenvalue weighted by molar-refractivity contribution is 7.89. The number of aryl methyl sites for hydroxylation is 1. The van der Waals surface area contributed by atoms with Crippen molar-refractivity contribution in [1.82, 2.24) is 14.7 Å². The van der Waals surface area contributed by atoms with E-state index < -0.39 is 10.0 Å². The highest BCUT2D eigenvalue weighted by atomic mass is 32.2. The normalized spacial score (nSPS) is 11.7. The Morgan fingerprint density at radius 3 is 2.75 bits per heavy atom. The Morgan fingerprint density at radius 2 is 2.10 bits per heavy atom. The molecule has 0 saturated heterocycles. The van der Waals surface area contributed by atoms with E-state index in [0.29, 0.717) is 17.7 Å². The van der Waals surface area contributed by atoms with E-state index in [1.807, 2.05) is 6.92 Å². The number of nitrogen functional groups attached to an aromatic ring is 1. The SMILES string of the molecule is Cc1cc(N)c(C)c(S(=O)(=O)NCCc2ncc[nH]2)c1. The second-order valence-corrected chi connectivity index (χ2v) is 6.40. The second kappa shape index (κ2) is 5.64. The summed E-state index contributed by atoms with van der Waals surface area (Å²) in [6.07, 6.45) is 3.84. The van der Waals surface area contributed by atoms with Crippen molar-refractivity contribution in [3.05, 3.63) is 41.5 Å². The molecule has 0 amide bonds. The molecular formula is C13H18N4O2S. The van der Waals surface area contributed by atoms with Crippen molar-refractivity contribution < 1.29 is 8.42 Å². The van der Waals surface area contributed by atoms with Crippen molar-refractivity contribution >= 4 is 15.7 Å². The molecule has 2 aromatic rings. The van der Waals surface area contributed by atoms with E-state index in [1.165, 1.54) is 0 Å². The van der Waals surface area contributed by atoms with Crippen LogP contribution in [0, 0.1) is 13.8 Å². The van der Waals surface area contributed by atoms with Gasteiger partial charge in [0.1, 0.15) is 5.82 Å². The van der Waals surface area contributed by atoms with Gasteiger partial charge in [-0.2, -0.15) is 0 Å². The Morgan fingerprint density at radius 1 is 1.35 bits per heavy atom. The highest BCUT2D eigenvalue weighted by Crippen LogP contribution is 2.22. The van der Waals surface area contributed by atoms with Crippen LogP contribution >= 0.6 is 0 Å². The number of nitrogens with two attached hydrogens (primary N) is 1. The van der Waals surface area contributed by atoms with Gasteiger partial charge in [-0.15, -0.1) is 0 Å². The molecule has 0 aliphatic carbocycles. The molecular weight excluding hydrogens is 276 g/mol. The summed E-state index contributed by atoms with van der Waals surface area (Å²) < 4.78 is 27.1. The number of benzene rings is 1. The van der Waals surface area contributed by atoms with Crippen LogP contribution < -0.4 is 10.5 Å². The number of hydrogen-bond acceptors (Lipinski definition) is 4. The molecule has 108 valence electrons. The smallest absolute Gasteiger partial charge is 0.240 e. The standard InChI is InChI=1S/C13H18N4O2S/c1-9-7-11(14)10(2)12(8-9)20(18,19)17-4-3-13-15-5-6-16-13/h5-8,17H,3-4,14H2,1-2H3,(H,15,16). The molecule has 1 aromatic carbocycles. The third-order valence-electron chi connectivity index (χ3n) is 3.04. The molecule has 0 radical (unpaired) electrons. The van der Waals surface area contributed by atoms with Gasteiger partial charge in [0.2, 0.25) is 10.0 Å². The number of aromatic amines is 1. The van der Waals surface area contributed by atoms with Crippen LogP contribution in [-0.2, 0) is 16.4 Å². The third kappa shape index (κ3) is 3.17. The zero-order chi connectivity index (χ0) is 14.8. The van der Waals surface area contributed by atoms with Crippen LogP contribution in [0.4, 0.5) is 5.69 Å². The lowest BCUT2D eigenvalue weighted by molar-refractivity contribution is 0.580. The maximum absolute atomic E-state index is 12.3. The van der Waals surface area contributed by atoms with Crippen LogP contribution in [0.25, 0.3) is 0 Å². The van der Waals surface area contributed by atoms with E-state index >= 15 is 0 Å². The van der Waals surface area contributed by atoms with Crippen molar-refractivity contribution in [1.29, 1.82) is 0 Å². The Balaban J connectivity index is 2.14. The molecule has 4 N–H and O–H groups in total. The maximum atomic E-state index is 12.3. The van der Waals surface area contributed by atoms with Crippen LogP contribution in [0.1, 0.15) is 17.0 Å². The first-order chi connectivity index (χ1) is 9.40. The van der Waals surface area contributed by atoms with Gasteiger partial charge in [-0.3, -0.25) is 0 Å². The molecule has 0 aliphatic heterocycles. The molecule has 0 fully saturated rings. The van der Waals surface area contributed by atoms with Crippen molar-refractivity contribution in [3.8, 4) is 0 Å². The molecule has 6 nitrogen and oxygen atoms in total. The average molecular weight is 294 g/mol. The van der Waals surface area contributed by atoms with Crippen LogP contribution in [0.5, 0.6) is 0 Å². The Hall–Kier alpha value is -1.86. The molecule has 0 aliphatic rings. The number of sulfonamides is 1. The molecule has 7 heteroatoms. The number of rotatable bonds is 5. The summed E-state index contributed by atoms with van der Waals surface area (Å²) in [6, 6.07) is 3.39. The molecule has 0 bridgehead atoms. The zero-order valence-corrected chi connectivity index (χ0v) is 12.3. The fourth-order valence-corrected chi connectivity index (χ4v) is 3.34. The lowest BCUT2D eigenvalue weighted by atomic mass is 10.1. The number of nitrogens with one attached hydrogen (secondary N) is 2. The third-order valence-corrected chi connectivity index (χ3v) is 4.63. The highest BCUT2D eigenvalue weighted by Gasteiger charge is 2.18. The van der Waals surface area contributed by atoms with Gasteiger partial charge in [0.15, 0.2) is 0 Å². The number of hydrogen-bond donors (Lipinski definition) is 3. The first kappa shape index (κ1) is 14.5. The molecule has 1 heterocycles. The van der Waals surface area contributed by atoms with Gasteiger partial charge in [0, 0.05) is 31.0 Å². The molecule has 20 heavy (non-hydrogen) atoms. The van der Waals surface area contributed by atoms with Gasteiger partial charge in [-0.25, -0.2) is 18.1 Å². The number of aromatic nitrogens is 2. The summed E-state index contributed by atoms with van der Waals surface area (Å²) in [7, 11) is -3.56. The van der Waals surface area contributed by atoms with Gasteiger partial charge in [-0.05, 0) is 37.1 Å². The van der Waals surface area contributed by atoms with Crippen LogP contribution in [0.2, 0.25) is 0 Å². The monoisotopic (exact) mass is 294 g/mol. The number of imidazole rings is 1. The van der Waals surface area contributed by atoms with E-state index in [4.69, 9.17) is 5.73 Å². The molecule has 0 atom stereocenters. The fourth-order valence-electron chi connectivity index (χ4n) is 1.95. The first-order valence-electron chi connectivity index (χ1n) is 6.25. The van der Waals surface area contributed by atoms with Gasteiger partial charge in [-0.1, -0.05) is 0 Å². The van der Waals surface area contributed by atoms with Gasteiger partial charge < -0.3 is 10.7 Å². The Labute approximate surface area is 118 Å². The number of anilines is 1. The summed E-state index contributed by atoms with van der Waals surface area (Å²) in [6.45, 7) is 3.80. The summed E-state index contributed by atoms with van der Waals surface area (Å²) in [5.41, 5.74) is 7.69. The van der Waals surface area contributed by atoms with Gasteiger partial charge in [0.05, 0.1) is 4.90 Å². The minimum absolute atomic E-state index is 0.231. The molecule has 0 unspecified atom stereocenters. The molecule has 2 rings (SSSR count). The molecule has 0 spiro atoms. The predicted molar refractivity (Wildman–Crippen MR) is 77.8 cm³/mol. The van der Waals surface area contributed by atoms with E-state index in [2.05, 4.69) is 14.7 Å². The Bertz CT molecular complexity index is 693. The van der Waals surface area contributed by atoms with E-state index in [9.17, 15) is 8.42 Å². The van der Waals surface area contributed by atoms with Crippen molar-refractivity contribution in [2.75, 3.05) is 12.3 Å². The summed E-state index contributed by atoms with van der Waals surface area (Å²) in [4.78, 5) is 7.20. The lowest BCUT2D eigenvalue weighted by Crippen LogP contribution is -2.27. The van der Waals surface area contributed by atoms with Crippen LogP contribution in [0.15, 0.2) is 29.4 Å². The zero-order valence-electron chi connectivity index (χ0n) is 11.5. The Kier molecular flexibility index (Phi) is 4.10. The maximum Gasteiger partial charge on any atom is 0.240 e. The van der Waals surface area contributed by atoms with Crippen molar-refractivity contribution in [2.24, 2.45) is 0 Å².